The number of sulfone groups is 1. The van der Waals surface area contributed by atoms with Crippen molar-refractivity contribution < 1.29 is 17.9 Å². The van der Waals surface area contributed by atoms with Crippen LogP contribution < -0.4 is 15.4 Å². The zero-order chi connectivity index (χ0) is 20.6. The van der Waals surface area contributed by atoms with Crippen LogP contribution in [0.4, 0.5) is 0 Å². The Morgan fingerprint density at radius 1 is 1.31 bits per heavy atom. The molecule has 0 bridgehead atoms. The van der Waals surface area contributed by atoms with Crippen molar-refractivity contribution in [3.63, 3.8) is 0 Å². The number of carbonyl (C=O) groups excluding carboxylic acids is 1. The topological polar surface area (TPSA) is 100 Å². The van der Waals surface area contributed by atoms with Crippen molar-refractivity contribution in [2.45, 2.75) is 32.4 Å². The molecule has 1 unspecified atom stereocenters. The Hall–Kier alpha value is -1.56. The number of hydrogen-bond acceptors (Lipinski definition) is 5. The molecule has 1 saturated heterocycles. The highest BCUT2D eigenvalue weighted by Gasteiger charge is 2.28. The molecule has 1 fully saturated rings. The third kappa shape index (κ3) is 8.77. The van der Waals surface area contributed by atoms with Gasteiger partial charge in [0.25, 0.3) is 0 Å². The standard InChI is InChI=1S/C19H30N4O4S.HI/c1-4-20-19(23(2)13-15-5-7-17(27-3)8-6-15)21-11-9-18(24)22-16-10-12-28(25,26)14-16;/h5-8,16H,4,9-14H2,1-3H3,(H,20,21)(H,22,24);1H. The highest BCUT2D eigenvalue weighted by molar-refractivity contribution is 14.0. The lowest BCUT2D eigenvalue weighted by Gasteiger charge is -2.22. The van der Waals surface area contributed by atoms with Gasteiger partial charge in [0, 0.05) is 32.6 Å². The van der Waals surface area contributed by atoms with Gasteiger partial charge in [-0.3, -0.25) is 9.79 Å². The number of guanidine groups is 1. The molecule has 1 aliphatic rings. The van der Waals surface area contributed by atoms with Crippen molar-refractivity contribution >= 4 is 45.7 Å². The number of amides is 1. The van der Waals surface area contributed by atoms with Crippen LogP contribution in [0.5, 0.6) is 5.75 Å². The molecular weight excluding hydrogens is 507 g/mol. The number of hydrogen-bond donors (Lipinski definition) is 2. The van der Waals surface area contributed by atoms with Gasteiger partial charge in [0.15, 0.2) is 15.8 Å². The van der Waals surface area contributed by atoms with Crippen molar-refractivity contribution in [2.24, 2.45) is 4.99 Å². The number of nitrogens with one attached hydrogen (secondary N) is 2. The lowest BCUT2D eigenvalue weighted by atomic mass is 10.2. The normalized spacial score (nSPS) is 17.9. The number of halogens is 1. The van der Waals surface area contributed by atoms with E-state index in [2.05, 4.69) is 15.6 Å². The summed E-state index contributed by atoms with van der Waals surface area (Å²) >= 11 is 0. The minimum atomic E-state index is -2.99. The number of nitrogens with zero attached hydrogens (tertiary/aromatic N) is 2. The zero-order valence-electron chi connectivity index (χ0n) is 17.2. The Morgan fingerprint density at radius 3 is 2.55 bits per heavy atom. The van der Waals surface area contributed by atoms with Crippen molar-refractivity contribution in [3.05, 3.63) is 29.8 Å². The van der Waals surface area contributed by atoms with E-state index < -0.39 is 9.84 Å². The van der Waals surface area contributed by atoms with E-state index >= 15 is 0 Å². The Balaban J connectivity index is 0.00000420. The first-order chi connectivity index (χ1) is 13.3. The van der Waals surface area contributed by atoms with Crippen LogP contribution >= 0.6 is 24.0 Å². The first kappa shape index (κ1) is 25.5. The summed E-state index contributed by atoms with van der Waals surface area (Å²) in [6.45, 7) is 3.71. The number of rotatable bonds is 8. The Morgan fingerprint density at radius 2 is 2.00 bits per heavy atom. The summed E-state index contributed by atoms with van der Waals surface area (Å²) in [5.74, 6) is 1.55. The van der Waals surface area contributed by atoms with Gasteiger partial charge in [0.1, 0.15) is 5.75 Å². The molecular formula is C19H31IN4O4S. The quantitative estimate of drug-likeness (QED) is 0.295. The smallest absolute Gasteiger partial charge is 0.222 e. The van der Waals surface area contributed by atoms with Gasteiger partial charge in [-0.1, -0.05) is 12.1 Å². The summed E-state index contributed by atoms with van der Waals surface area (Å²) < 4.78 is 28.1. The zero-order valence-corrected chi connectivity index (χ0v) is 20.3. The molecule has 29 heavy (non-hydrogen) atoms. The highest BCUT2D eigenvalue weighted by Crippen LogP contribution is 2.13. The predicted octanol–water partition coefficient (Wildman–Crippen LogP) is 1.40. The number of carbonyl (C=O) groups is 1. The molecule has 0 aromatic heterocycles. The molecule has 164 valence electrons. The molecule has 8 nitrogen and oxygen atoms in total. The van der Waals surface area contributed by atoms with Crippen LogP contribution in [0.3, 0.4) is 0 Å². The van der Waals surface area contributed by atoms with Gasteiger partial charge in [-0.05, 0) is 31.0 Å². The maximum absolute atomic E-state index is 12.0. The first-order valence-electron chi connectivity index (χ1n) is 9.45. The molecule has 1 amide bonds. The lowest BCUT2D eigenvalue weighted by molar-refractivity contribution is -0.121. The Kier molecular flexibility index (Phi) is 10.7. The van der Waals surface area contributed by atoms with Crippen LogP contribution in [0, 0.1) is 0 Å². The summed E-state index contributed by atoms with van der Waals surface area (Å²) in [6, 6.07) is 7.57. The van der Waals surface area contributed by atoms with Gasteiger partial charge in [0.05, 0.1) is 25.2 Å². The minimum absolute atomic E-state index is 0. The minimum Gasteiger partial charge on any atom is -0.497 e. The van der Waals surface area contributed by atoms with Crippen LogP contribution in [0.15, 0.2) is 29.3 Å². The molecule has 0 saturated carbocycles. The second-order valence-electron chi connectivity index (χ2n) is 6.86. The average molecular weight is 538 g/mol. The van der Waals surface area contributed by atoms with E-state index in [1.807, 2.05) is 43.1 Å². The molecule has 1 aromatic rings. The Labute approximate surface area is 190 Å². The molecule has 10 heteroatoms. The first-order valence-corrected chi connectivity index (χ1v) is 11.3. The predicted molar refractivity (Wildman–Crippen MR) is 126 cm³/mol. The van der Waals surface area contributed by atoms with E-state index in [1.165, 1.54) is 0 Å². The maximum atomic E-state index is 12.0. The second-order valence-corrected chi connectivity index (χ2v) is 9.09. The fourth-order valence-electron chi connectivity index (χ4n) is 3.02. The SMILES string of the molecule is CCNC(=NCCC(=O)NC1CCS(=O)(=O)C1)N(C)Cc1ccc(OC)cc1.I. The fraction of sp³-hybridized carbons (Fsp3) is 0.579. The van der Waals surface area contributed by atoms with Gasteiger partial charge in [-0.2, -0.15) is 0 Å². The van der Waals surface area contributed by atoms with Crippen molar-refractivity contribution in [1.29, 1.82) is 0 Å². The van der Waals surface area contributed by atoms with Gasteiger partial charge >= 0.3 is 0 Å². The van der Waals surface area contributed by atoms with Crippen LogP contribution in [0.1, 0.15) is 25.3 Å². The summed E-state index contributed by atoms with van der Waals surface area (Å²) in [4.78, 5) is 18.6. The van der Waals surface area contributed by atoms with E-state index in [4.69, 9.17) is 4.74 Å². The third-order valence-electron chi connectivity index (χ3n) is 4.47. The molecule has 2 rings (SSSR count). The molecule has 1 aliphatic heterocycles. The van der Waals surface area contributed by atoms with Gasteiger partial charge in [-0.25, -0.2) is 8.42 Å². The van der Waals surface area contributed by atoms with Gasteiger partial charge in [0.2, 0.25) is 5.91 Å². The molecule has 0 radical (unpaired) electrons. The van der Waals surface area contributed by atoms with E-state index in [9.17, 15) is 13.2 Å². The molecule has 1 heterocycles. The molecule has 0 spiro atoms. The molecule has 0 aliphatic carbocycles. The van der Waals surface area contributed by atoms with Crippen LogP contribution in [0.2, 0.25) is 0 Å². The largest absolute Gasteiger partial charge is 0.497 e. The van der Waals surface area contributed by atoms with Crippen molar-refractivity contribution in [1.82, 2.24) is 15.5 Å². The fourth-order valence-corrected chi connectivity index (χ4v) is 4.69. The third-order valence-corrected chi connectivity index (χ3v) is 6.24. The molecule has 1 atom stereocenters. The van der Waals surface area contributed by atoms with Gasteiger partial charge < -0.3 is 20.3 Å². The van der Waals surface area contributed by atoms with Gasteiger partial charge in [-0.15, -0.1) is 24.0 Å². The second kappa shape index (κ2) is 12.2. The lowest BCUT2D eigenvalue weighted by Crippen LogP contribution is -2.39. The highest BCUT2D eigenvalue weighted by atomic mass is 127. The van der Waals surface area contributed by atoms with Crippen molar-refractivity contribution in [2.75, 3.05) is 38.8 Å². The van der Waals surface area contributed by atoms with Crippen LogP contribution in [0.25, 0.3) is 0 Å². The summed E-state index contributed by atoms with van der Waals surface area (Å²) in [5, 5.41) is 6.01. The van der Waals surface area contributed by atoms with E-state index in [0.717, 1.165) is 23.8 Å². The van der Waals surface area contributed by atoms with Crippen LogP contribution in [-0.4, -0.2) is 70.0 Å². The van der Waals surface area contributed by atoms with Crippen molar-refractivity contribution in [3.8, 4) is 5.75 Å². The average Bonchev–Trinajstić information content (AvgIpc) is 2.99. The van der Waals surface area contributed by atoms with E-state index in [1.54, 1.807) is 7.11 Å². The number of methoxy groups -OCH3 is 1. The van der Waals surface area contributed by atoms with E-state index in [-0.39, 0.29) is 53.9 Å². The number of benzene rings is 1. The summed E-state index contributed by atoms with van der Waals surface area (Å²) in [5.41, 5.74) is 1.12. The van der Waals surface area contributed by atoms with Crippen LogP contribution in [-0.2, 0) is 21.2 Å². The number of ether oxygens (including phenoxy) is 1. The monoisotopic (exact) mass is 538 g/mol. The Bertz CT molecular complexity index is 784. The maximum Gasteiger partial charge on any atom is 0.222 e. The number of aliphatic imine (C=N–C) groups is 1. The van der Waals surface area contributed by atoms with E-state index in [0.29, 0.717) is 19.5 Å². The summed E-state index contributed by atoms with van der Waals surface area (Å²) in [6.07, 6.45) is 0.715. The molecule has 2 N–H and O–H groups in total. The summed E-state index contributed by atoms with van der Waals surface area (Å²) in [7, 11) is 0.583. The molecule has 1 aromatic carbocycles.